The van der Waals surface area contributed by atoms with Gasteiger partial charge in [0.1, 0.15) is 11.6 Å². The molecule has 0 aliphatic carbocycles. The number of aliphatic carboxylic acids is 1. The predicted molar refractivity (Wildman–Crippen MR) is 185 cm³/mol. The van der Waals surface area contributed by atoms with Gasteiger partial charge in [-0.1, -0.05) is 69.3 Å². The van der Waals surface area contributed by atoms with E-state index in [1.807, 2.05) is 36.4 Å². The summed E-state index contributed by atoms with van der Waals surface area (Å²) in [6, 6.07) is 21.8. The van der Waals surface area contributed by atoms with Crippen molar-refractivity contribution >= 4 is 29.0 Å². The second-order valence-electron chi connectivity index (χ2n) is 13.4. The minimum atomic E-state index is -0.930. The molecule has 5 aromatic rings. The largest absolute Gasteiger partial charge is 0.481 e. The van der Waals surface area contributed by atoms with Crippen LogP contribution in [0.1, 0.15) is 47.3 Å². The van der Waals surface area contributed by atoms with E-state index in [4.69, 9.17) is 0 Å². The van der Waals surface area contributed by atoms with Gasteiger partial charge in [-0.3, -0.25) is 14.4 Å². The van der Waals surface area contributed by atoms with Gasteiger partial charge in [0.25, 0.3) is 0 Å². The molecule has 0 unspecified atom stereocenters. The molecule has 1 N–H and O–H groups in total. The number of nitrogens with zero attached hydrogens (tertiary/aromatic N) is 3. The van der Waals surface area contributed by atoms with Crippen LogP contribution in [-0.4, -0.2) is 50.7 Å². The number of aromatic nitrogens is 2. The fourth-order valence-corrected chi connectivity index (χ4v) is 6.81. The van der Waals surface area contributed by atoms with Crippen molar-refractivity contribution in [3.05, 3.63) is 118 Å². The number of carboxylic acid groups (broad SMARTS) is 1. The van der Waals surface area contributed by atoms with Crippen LogP contribution in [0.2, 0.25) is 0 Å². The summed E-state index contributed by atoms with van der Waals surface area (Å²) in [7, 11) is 0. The van der Waals surface area contributed by atoms with Crippen molar-refractivity contribution in [3.63, 3.8) is 0 Å². The maximum Gasteiger partial charge on any atom is 0.310 e. The first kappa shape index (κ1) is 33.8. The van der Waals surface area contributed by atoms with Gasteiger partial charge < -0.3 is 10.0 Å². The zero-order valence-electron chi connectivity index (χ0n) is 27.3. The standard InChI is InChI=1S/C39H35F2N3O4S/c1-39(2,3)35-15-14-34(49-35)33(45)18-27(37(46)44-21-29(22-44)38(47)48)16-23-4-6-25(7-5-23)36-42-19-28(20-43-36)31-13-10-26(17-32(31)41)24-8-11-30(40)12-9-24/h4-15,17,19-20,27,29H,16,18,21-22H2,1-3H3,(H,47,48)/t27-/m1/s1. The maximum absolute atomic E-state index is 15.1. The Bertz CT molecular complexity index is 2000. The Balaban J connectivity index is 1.16. The molecule has 7 nitrogen and oxygen atoms in total. The Hall–Kier alpha value is -5.09. The Labute approximate surface area is 287 Å². The molecule has 1 aliphatic heterocycles. The van der Waals surface area contributed by atoms with Crippen LogP contribution in [0, 0.1) is 23.5 Å². The third-order valence-corrected chi connectivity index (χ3v) is 10.3. The van der Waals surface area contributed by atoms with E-state index in [1.165, 1.54) is 34.4 Å². The van der Waals surface area contributed by atoms with Gasteiger partial charge in [-0.25, -0.2) is 18.7 Å². The van der Waals surface area contributed by atoms with Crippen LogP contribution in [-0.2, 0) is 21.4 Å². The number of carbonyl (C=O) groups is 3. The van der Waals surface area contributed by atoms with Crippen LogP contribution in [0.25, 0.3) is 33.6 Å². The second kappa shape index (κ2) is 13.8. The molecule has 3 aromatic carbocycles. The normalized spacial score (nSPS) is 13.9. The van der Waals surface area contributed by atoms with Gasteiger partial charge in [-0.2, -0.15) is 0 Å². The number of carbonyl (C=O) groups excluding carboxylic acids is 2. The third-order valence-electron chi connectivity index (χ3n) is 8.75. The van der Waals surface area contributed by atoms with E-state index >= 15 is 4.39 Å². The zero-order chi connectivity index (χ0) is 34.9. The Morgan fingerprint density at radius 1 is 0.857 bits per heavy atom. The van der Waals surface area contributed by atoms with E-state index < -0.39 is 23.6 Å². The quantitative estimate of drug-likeness (QED) is 0.150. The van der Waals surface area contributed by atoms with Crippen LogP contribution in [0.4, 0.5) is 8.78 Å². The molecule has 0 radical (unpaired) electrons. The molecular weight excluding hydrogens is 645 g/mol. The summed E-state index contributed by atoms with van der Waals surface area (Å²) in [5.74, 6) is -2.86. The van der Waals surface area contributed by atoms with E-state index in [9.17, 15) is 23.9 Å². The number of hydrogen-bond donors (Lipinski definition) is 1. The first-order chi connectivity index (χ1) is 23.4. The summed E-state index contributed by atoms with van der Waals surface area (Å²) in [5.41, 5.74) is 3.64. The van der Waals surface area contributed by atoms with Crippen molar-refractivity contribution in [2.24, 2.45) is 11.8 Å². The van der Waals surface area contributed by atoms with Crippen molar-refractivity contribution in [3.8, 4) is 33.6 Å². The molecule has 1 atom stereocenters. The first-order valence-electron chi connectivity index (χ1n) is 16.0. The minimum Gasteiger partial charge on any atom is -0.481 e. The molecule has 10 heteroatoms. The summed E-state index contributed by atoms with van der Waals surface area (Å²) in [6.07, 6.45) is 3.44. The lowest BCUT2D eigenvalue weighted by Gasteiger charge is -2.38. The van der Waals surface area contributed by atoms with E-state index in [-0.39, 0.29) is 42.4 Å². The Morgan fingerprint density at radius 3 is 2.08 bits per heavy atom. The molecule has 0 saturated carbocycles. The molecular formula is C39H35F2N3O4S. The SMILES string of the molecule is CC(C)(C)c1ccc(C(=O)C[C@@H](Cc2ccc(-c3ncc(-c4ccc(-c5ccc(F)cc5)cc4F)cn3)cc2)C(=O)N2CC(C(=O)O)C2)s1. The second-order valence-corrected chi connectivity index (χ2v) is 14.5. The summed E-state index contributed by atoms with van der Waals surface area (Å²) < 4.78 is 28.4. The topological polar surface area (TPSA) is 100 Å². The van der Waals surface area contributed by atoms with Crippen molar-refractivity contribution in [1.29, 1.82) is 0 Å². The number of likely N-dealkylation sites (tertiary alicyclic amines) is 1. The number of carboxylic acids is 1. The van der Waals surface area contributed by atoms with Crippen molar-refractivity contribution < 1.29 is 28.3 Å². The van der Waals surface area contributed by atoms with Crippen LogP contribution in [0.3, 0.4) is 0 Å². The van der Waals surface area contributed by atoms with E-state index in [1.54, 1.807) is 36.7 Å². The number of Topliss-reactive ketones (excluding diaryl/α,β-unsaturated/α-hetero) is 1. The Kier molecular flexibility index (Phi) is 9.52. The van der Waals surface area contributed by atoms with Gasteiger partial charge in [0.05, 0.1) is 10.8 Å². The summed E-state index contributed by atoms with van der Waals surface area (Å²) in [4.78, 5) is 50.4. The molecule has 0 bridgehead atoms. The molecule has 1 fully saturated rings. The lowest BCUT2D eigenvalue weighted by atomic mass is 9.89. The van der Waals surface area contributed by atoms with Crippen LogP contribution in [0.5, 0.6) is 0 Å². The fourth-order valence-electron chi connectivity index (χ4n) is 5.80. The van der Waals surface area contributed by atoms with Gasteiger partial charge in [0.15, 0.2) is 11.6 Å². The zero-order valence-corrected chi connectivity index (χ0v) is 28.1. The molecule has 250 valence electrons. The van der Waals surface area contributed by atoms with Crippen LogP contribution < -0.4 is 0 Å². The van der Waals surface area contributed by atoms with Crippen LogP contribution in [0.15, 0.2) is 91.3 Å². The number of ketones is 1. The molecule has 1 saturated heterocycles. The van der Waals surface area contributed by atoms with Gasteiger partial charge >= 0.3 is 5.97 Å². The summed E-state index contributed by atoms with van der Waals surface area (Å²) in [5, 5.41) is 9.30. The number of thiophene rings is 1. The van der Waals surface area contributed by atoms with Gasteiger partial charge in [-0.05, 0) is 58.9 Å². The fraction of sp³-hybridized carbons (Fsp3) is 0.256. The average molecular weight is 680 g/mol. The van der Waals surface area contributed by atoms with Crippen molar-refractivity contribution in [2.45, 2.75) is 39.0 Å². The number of benzene rings is 3. The van der Waals surface area contributed by atoms with E-state index in [0.29, 0.717) is 39.4 Å². The monoisotopic (exact) mass is 679 g/mol. The molecule has 3 heterocycles. The van der Waals surface area contributed by atoms with E-state index in [2.05, 4.69) is 30.7 Å². The first-order valence-corrected chi connectivity index (χ1v) is 16.8. The smallest absolute Gasteiger partial charge is 0.310 e. The number of hydrogen-bond acceptors (Lipinski definition) is 6. The molecule has 0 spiro atoms. The number of amides is 1. The molecule has 6 rings (SSSR count). The lowest BCUT2D eigenvalue weighted by Crippen LogP contribution is -2.55. The highest BCUT2D eigenvalue weighted by Gasteiger charge is 2.39. The molecule has 49 heavy (non-hydrogen) atoms. The maximum atomic E-state index is 15.1. The molecule has 1 amide bonds. The highest BCUT2D eigenvalue weighted by atomic mass is 32.1. The van der Waals surface area contributed by atoms with Crippen molar-refractivity contribution in [1.82, 2.24) is 14.9 Å². The Morgan fingerprint density at radius 2 is 1.49 bits per heavy atom. The third kappa shape index (κ3) is 7.65. The average Bonchev–Trinajstić information content (AvgIpc) is 3.56. The van der Waals surface area contributed by atoms with Crippen LogP contribution >= 0.6 is 11.3 Å². The van der Waals surface area contributed by atoms with E-state index in [0.717, 1.165) is 16.0 Å². The molecule has 2 aromatic heterocycles. The number of rotatable bonds is 10. The van der Waals surface area contributed by atoms with Gasteiger partial charge in [0, 0.05) is 59.4 Å². The van der Waals surface area contributed by atoms with Crippen molar-refractivity contribution in [2.75, 3.05) is 13.1 Å². The summed E-state index contributed by atoms with van der Waals surface area (Å²) >= 11 is 1.44. The highest BCUT2D eigenvalue weighted by Crippen LogP contribution is 2.32. The predicted octanol–water partition coefficient (Wildman–Crippen LogP) is 8.09. The minimum absolute atomic E-state index is 0.0188. The lowest BCUT2D eigenvalue weighted by molar-refractivity contribution is -0.154. The van der Waals surface area contributed by atoms with Gasteiger partial charge in [0.2, 0.25) is 5.91 Å². The van der Waals surface area contributed by atoms with Gasteiger partial charge in [-0.15, -0.1) is 11.3 Å². The molecule has 1 aliphatic rings. The summed E-state index contributed by atoms with van der Waals surface area (Å²) in [6.45, 7) is 6.53. The number of halogens is 2. The highest BCUT2D eigenvalue weighted by molar-refractivity contribution is 7.14.